The monoisotopic (exact) mass is 162 g/mol. The lowest BCUT2D eigenvalue weighted by Crippen LogP contribution is -2.12. The number of hydrogen-bond acceptors (Lipinski definition) is 2. The Morgan fingerprint density at radius 2 is 2.60 bits per heavy atom. The lowest BCUT2D eigenvalue weighted by atomic mass is 10.0. The van der Waals surface area contributed by atoms with Crippen LogP contribution < -0.4 is 0 Å². The molecule has 1 aliphatic rings. The van der Waals surface area contributed by atoms with Crippen LogP contribution >= 0.6 is 12.1 Å². The first-order chi connectivity index (χ1) is 4.86. The van der Waals surface area contributed by atoms with Crippen LogP contribution in [0, 0.1) is 0 Å². The lowest BCUT2D eigenvalue weighted by molar-refractivity contribution is 0.0949. The van der Waals surface area contributed by atoms with Crippen LogP contribution in [0.3, 0.4) is 0 Å². The van der Waals surface area contributed by atoms with E-state index < -0.39 is 0 Å². The Bertz CT molecular complexity index is 136. The first-order valence-corrected chi connectivity index (χ1v) is 4.09. The fourth-order valence-corrected chi connectivity index (χ4v) is 1.42. The van der Waals surface area contributed by atoms with Crippen LogP contribution in [-0.4, -0.2) is 13.2 Å². The highest BCUT2D eigenvalue weighted by atomic mass is 32.2. The molecule has 1 nitrogen and oxygen atoms in total. The highest BCUT2D eigenvalue weighted by Gasteiger charge is 2.13. The van der Waals surface area contributed by atoms with Gasteiger partial charge in [0.2, 0.25) is 0 Å². The predicted molar refractivity (Wildman–Crippen MR) is 41.4 cm³/mol. The maximum absolute atomic E-state index is 11.9. The van der Waals surface area contributed by atoms with Gasteiger partial charge in [-0.05, 0) is 19.3 Å². The van der Waals surface area contributed by atoms with Crippen molar-refractivity contribution in [2.75, 3.05) is 7.11 Å². The Morgan fingerprint density at radius 1 is 1.80 bits per heavy atom. The van der Waals surface area contributed by atoms with Crippen molar-refractivity contribution in [2.45, 2.75) is 25.4 Å². The van der Waals surface area contributed by atoms with E-state index in [4.69, 9.17) is 4.74 Å². The third-order valence-electron chi connectivity index (χ3n) is 1.75. The summed E-state index contributed by atoms with van der Waals surface area (Å²) in [4.78, 5) is 0.855. The van der Waals surface area contributed by atoms with Gasteiger partial charge in [-0.2, -0.15) is 3.89 Å². The minimum Gasteiger partial charge on any atom is -0.381 e. The Morgan fingerprint density at radius 3 is 3.00 bits per heavy atom. The summed E-state index contributed by atoms with van der Waals surface area (Å²) in [6, 6.07) is 0. The summed E-state index contributed by atoms with van der Waals surface area (Å²) in [5.41, 5.74) is 0. The molecular formula is C7H11FOS. The number of rotatable bonds is 2. The van der Waals surface area contributed by atoms with Gasteiger partial charge in [-0.1, -0.05) is 6.08 Å². The first kappa shape index (κ1) is 8.08. The SMILES string of the molecule is COC1CC=C(SF)CC1. The van der Waals surface area contributed by atoms with Crippen molar-refractivity contribution in [1.29, 1.82) is 0 Å². The molecule has 0 heterocycles. The fourth-order valence-electron chi connectivity index (χ4n) is 1.07. The maximum Gasteiger partial charge on any atom is 0.0764 e. The molecule has 58 valence electrons. The van der Waals surface area contributed by atoms with E-state index in [-0.39, 0.29) is 0 Å². The van der Waals surface area contributed by atoms with Crippen LogP contribution in [0.15, 0.2) is 11.0 Å². The summed E-state index contributed by atoms with van der Waals surface area (Å²) in [5, 5.41) is 0. The number of hydrogen-bond donors (Lipinski definition) is 0. The van der Waals surface area contributed by atoms with E-state index >= 15 is 0 Å². The van der Waals surface area contributed by atoms with Crippen molar-refractivity contribution in [3.05, 3.63) is 11.0 Å². The minimum absolute atomic E-state index is 0.316. The van der Waals surface area contributed by atoms with Crippen LogP contribution in [0.2, 0.25) is 0 Å². The van der Waals surface area contributed by atoms with E-state index in [0.717, 1.165) is 24.2 Å². The quantitative estimate of drug-likeness (QED) is 0.617. The molecular weight excluding hydrogens is 151 g/mol. The number of ether oxygens (including phenoxy) is 1. The molecule has 1 unspecified atom stereocenters. The van der Waals surface area contributed by atoms with Gasteiger partial charge in [-0.15, -0.1) is 0 Å². The van der Waals surface area contributed by atoms with Crippen molar-refractivity contribution in [2.24, 2.45) is 0 Å². The third kappa shape index (κ3) is 1.99. The van der Waals surface area contributed by atoms with Gasteiger partial charge in [-0.3, -0.25) is 0 Å². The van der Waals surface area contributed by atoms with E-state index in [9.17, 15) is 3.89 Å². The van der Waals surface area contributed by atoms with Crippen molar-refractivity contribution < 1.29 is 8.62 Å². The topological polar surface area (TPSA) is 9.23 Å². The summed E-state index contributed by atoms with van der Waals surface area (Å²) in [5.74, 6) is 0. The van der Waals surface area contributed by atoms with E-state index in [0.29, 0.717) is 18.3 Å². The molecule has 1 atom stereocenters. The molecule has 0 bridgehead atoms. The number of methoxy groups -OCH3 is 1. The van der Waals surface area contributed by atoms with Crippen molar-refractivity contribution >= 4 is 12.1 Å². The Balaban J connectivity index is 2.36. The second-order valence-corrected chi connectivity index (χ2v) is 3.06. The molecule has 0 aliphatic heterocycles. The Kier molecular flexibility index (Phi) is 3.22. The average molecular weight is 162 g/mol. The van der Waals surface area contributed by atoms with Crippen molar-refractivity contribution in [1.82, 2.24) is 0 Å². The molecule has 0 spiro atoms. The first-order valence-electron chi connectivity index (χ1n) is 3.37. The zero-order valence-electron chi connectivity index (χ0n) is 5.97. The van der Waals surface area contributed by atoms with E-state index in [2.05, 4.69) is 0 Å². The second kappa shape index (κ2) is 3.98. The van der Waals surface area contributed by atoms with Gasteiger partial charge in [0.25, 0.3) is 0 Å². The third-order valence-corrected chi connectivity index (χ3v) is 2.32. The molecule has 0 aromatic rings. The van der Waals surface area contributed by atoms with Crippen LogP contribution in [0.1, 0.15) is 19.3 Å². The molecule has 0 saturated heterocycles. The molecule has 0 aromatic heterocycles. The molecule has 0 amide bonds. The maximum atomic E-state index is 11.9. The van der Waals surface area contributed by atoms with Gasteiger partial charge >= 0.3 is 0 Å². The lowest BCUT2D eigenvalue weighted by Gasteiger charge is -2.17. The minimum atomic E-state index is 0.316. The molecule has 1 rings (SSSR count). The molecule has 0 N–H and O–H groups in total. The number of halogens is 1. The molecule has 0 fully saturated rings. The summed E-state index contributed by atoms with van der Waals surface area (Å²) in [7, 11) is 1.70. The molecule has 0 saturated carbocycles. The average Bonchev–Trinajstić information content (AvgIpc) is 2.05. The summed E-state index contributed by atoms with van der Waals surface area (Å²) in [6.07, 6.45) is 4.89. The highest BCUT2D eigenvalue weighted by molar-refractivity contribution is 7.98. The molecule has 0 aromatic carbocycles. The van der Waals surface area contributed by atoms with E-state index in [1.807, 2.05) is 6.08 Å². The molecule has 1 aliphatic carbocycles. The summed E-state index contributed by atoms with van der Waals surface area (Å²) >= 11 is 0.364. The molecule has 3 heteroatoms. The predicted octanol–water partition coefficient (Wildman–Crippen LogP) is 2.69. The highest BCUT2D eigenvalue weighted by Crippen LogP contribution is 2.28. The molecule has 10 heavy (non-hydrogen) atoms. The van der Waals surface area contributed by atoms with Crippen molar-refractivity contribution in [3.63, 3.8) is 0 Å². The van der Waals surface area contributed by atoms with Gasteiger partial charge in [0.1, 0.15) is 0 Å². The smallest absolute Gasteiger partial charge is 0.0764 e. The Labute approximate surface area is 64.9 Å². The fraction of sp³-hybridized carbons (Fsp3) is 0.714. The largest absolute Gasteiger partial charge is 0.381 e. The van der Waals surface area contributed by atoms with Gasteiger partial charge in [0.15, 0.2) is 0 Å². The van der Waals surface area contributed by atoms with Gasteiger partial charge < -0.3 is 4.74 Å². The summed E-state index contributed by atoms with van der Waals surface area (Å²) in [6.45, 7) is 0. The second-order valence-electron chi connectivity index (χ2n) is 2.38. The Hall–Kier alpha value is -0.0200. The normalized spacial score (nSPS) is 26.2. The zero-order valence-corrected chi connectivity index (χ0v) is 6.79. The van der Waals surface area contributed by atoms with Crippen molar-refractivity contribution in [3.8, 4) is 0 Å². The van der Waals surface area contributed by atoms with Crippen LogP contribution in [0.25, 0.3) is 0 Å². The van der Waals surface area contributed by atoms with Crippen LogP contribution in [0.4, 0.5) is 3.89 Å². The van der Waals surface area contributed by atoms with E-state index in [1.165, 1.54) is 0 Å². The standard InChI is InChI=1S/C7H11FOS/c1-9-6-2-4-7(10-8)5-3-6/h4,6H,2-3,5H2,1H3. The molecule has 0 radical (unpaired) electrons. The van der Waals surface area contributed by atoms with Crippen LogP contribution in [-0.2, 0) is 4.74 Å². The summed E-state index contributed by atoms with van der Waals surface area (Å²) < 4.78 is 17.0. The van der Waals surface area contributed by atoms with Gasteiger partial charge in [-0.25, -0.2) is 0 Å². The van der Waals surface area contributed by atoms with Gasteiger partial charge in [0, 0.05) is 12.0 Å². The van der Waals surface area contributed by atoms with Crippen LogP contribution in [0.5, 0.6) is 0 Å². The zero-order chi connectivity index (χ0) is 7.40. The van der Waals surface area contributed by atoms with E-state index in [1.54, 1.807) is 7.11 Å². The number of allylic oxidation sites excluding steroid dienone is 1. The van der Waals surface area contributed by atoms with Gasteiger partial charge in [0.05, 0.1) is 18.3 Å².